The molecule has 0 aliphatic carbocycles. The lowest BCUT2D eigenvalue weighted by Crippen LogP contribution is -2.27. The molecular weight excluding hydrogens is 200 g/mol. The van der Waals surface area contributed by atoms with Gasteiger partial charge in [0.2, 0.25) is 0 Å². The maximum Gasteiger partial charge on any atom is 0.553 e. The first-order valence-corrected chi connectivity index (χ1v) is 3.39. The minimum atomic E-state index is -1.82. The Morgan fingerprint density at radius 2 is 1.86 bits per heavy atom. The second-order valence-electron chi connectivity index (χ2n) is 2.46. The second kappa shape index (κ2) is 5.37. The lowest BCUT2D eigenvalue weighted by Gasteiger charge is -2.19. The van der Waals surface area contributed by atoms with Gasteiger partial charge < -0.3 is 14.6 Å². The molecule has 0 unspecified atom stereocenters. The van der Waals surface area contributed by atoms with Crippen LogP contribution in [0.1, 0.15) is 13.8 Å². The van der Waals surface area contributed by atoms with E-state index in [9.17, 15) is 9.59 Å². The summed E-state index contributed by atoms with van der Waals surface area (Å²) in [4.78, 5) is 28.3. The van der Waals surface area contributed by atoms with Gasteiger partial charge in [0.25, 0.3) is 0 Å². The van der Waals surface area contributed by atoms with Crippen LogP contribution in [0.3, 0.4) is 0 Å². The predicted octanol–water partition coefficient (Wildman–Crippen LogP) is 1.06. The van der Waals surface area contributed by atoms with Crippen LogP contribution in [0.5, 0.6) is 0 Å². The molecule has 0 radical (unpaired) electrons. The highest BCUT2D eigenvalue weighted by molar-refractivity contribution is 5.75. The second-order valence-corrected chi connectivity index (χ2v) is 2.46. The van der Waals surface area contributed by atoms with Crippen molar-refractivity contribution in [2.24, 2.45) is 0 Å². The normalized spacial score (nSPS) is 10.8. The van der Waals surface area contributed by atoms with E-state index in [0.717, 1.165) is 0 Å². The number of hydrogen-bond donors (Lipinski definition) is 1. The van der Waals surface area contributed by atoms with Crippen LogP contribution in [0, 0.1) is 0 Å². The highest BCUT2D eigenvalue weighted by Gasteiger charge is 2.21. The summed E-state index contributed by atoms with van der Waals surface area (Å²) in [6.45, 7) is 2.94. The first-order valence-electron chi connectivity index (χ1n) is 3.39. The molecule has 1 N–H and O–H groups in total. The van der Waals surface area contributed by atoms with Crippen molar-refractivity contribution < 1.29 is 39.0 Å². The molecule has 0 bridgehead atoms. The van der Waals surface area contributed by atoms with E-state index in [4.69, 9.17) is 9.84 Å². The standard InChI is InChI=1S/C6H10O8/c1-6(2,10-3)13-14-12-5(9)11-4(7)8/h1-3H3,(H,7,8). The van der Waals surface area contributed by atoms with Crippen molar-refractivity contribution in [1.82, 2.24) is 0 Å². The van der Waals surface area contributed by atoms with E-state index in [1.54, 1.807) is 0 Å². The third-order valence-electron chi connectivity index (χ3n) is 0.999. The zero-order valence-corrected chi connectivity index (χ0v) is 7.80. The molecule has 0 saturated carbocycles. The van der Waals surface area contributed by atoms with Crippen LogP contribution in [0.2, 0.25) is 0 Å². The molecule has 0 aliphatic heterocycles. The van der Waals surface area contributed by atoms with Gasteiger partial charge >= 0.3 is 12.3 Å². The van der Waals surface area contributed by atoms with Crippen molar-refractivity contribution in [3.8, 4) is 0 Å². The first kappa shape index (κ1) is 12.6. The van der Waals surface area contributed by atoms with Gasteiger partial charge in [0.1, 0.15) is 0 Å². The van der Waals surface area contributed by atoms with Crippen LogP contribution in [-0.2, 0) is 24.3 Å². The molecule has 14 heavy (non-hydrogen) atoms. The van der Waals surface area contributed by atoms with Gasteiger partial charge in [-0.2, -0.15) is 9.68 Å². The van der Waals surface area contributed by atoms with Crippen LogP contribution in [0.25, 0.3) is 0 Å². The van der Waals surface area contributed by atoms with E-state index >= 15 is 0 Å². The molecule has 8 heteroatoms. The summed E-state index contributed by atoms with van der Waals surface area (Å²) in [7, 11) is 1.33. The monoisotopic (exact) mass is 210 g/mol. The molecular formula is C6H10O8. The van der Waals surface area contributed by atoms with E-state index in [0.29, 0.717) is 0 Å². The number of carboxylic acid groups (broad SMARTS) is 1. The fraction of sp³-hybridized carbons (Fsp3) is 0.667. The molecule has 0 amide bonds. The number of rotatable bonds is 4. The van der Waals surface area contributed by atoms with Gasteiger partial charge in [-0.1, -0.05) is 0 Å². The fourth-order valence-electron chi connectivity index (χ4n) is 0.249. The minimum Gasteiger partial charge on any atom is -0.449 e. The Labute approximate surface area is 79.1 Å². The fourth-order valence-corrected chi connectivity index (χ4v) is 0.249. The zero-order valence-electron chi connectivity index (χ0n) is 7.80. The molecule has 0 fully saturated rings. The average Bonchev–Trinajstić information content (AvgIpc) is 2.02. The van der Waals surface area contributed by atoms with Gasteiger partial charge in [-0.3, -0.25) is 0 Å². The largest absolute Gasteiger partial charge is 0.553 e. The molecule has 0 heterocycles. The van der Waals surface area contributed by atoms with Crippen molar-refractivity contribution >= 4 is 12.3 Å². The van der Waals surface area contributed by atoms with Gasteiger partial charge in [-0.05, 0) is 18.9 Å². The first-order chi connectivity index (χ1) is 6.37. The molecule has 0 aliphatic rings. The van der Waals surface area contributed by atoms with Gasteiger partial charge in [0.05, 0.1) is 0 Å². The third-order valence-corrected chi connectivity index (χ3v) is 0.999. The van der Waals surface area contributed by atoms with Crippen LogP contribution in [0.4, 0.5) is 9.59 Å². The SMILES string of the molecule is COC(C)(C)OOOC(=O)OC(=O)O. The maximum atomic E-state index is 10.4. The van der Waals surface area contributed by atoms with E-state index in [-0.39, 0.29) is 0 Å². The van der Waals surface area contributed by atoms with Gasteiger partial charge in [-0.15, -0.1) is 0 Å². The van der Waals surface area contributed by atoms with Crippen LogP contribution in [0.15, 0.2) is 0 Å². The van der Waals surface area contributed by atoms with E-state index < -0.39 is 18.1 Å². The van der Waals surface area contributed by atoms with E-state index in [1.165, 1.54) is 21.0 Å². The molecule has 8 nitrogen and oxygen atoms in total. The van der Waals surface area contributed by atoms with Crippen molar-refractivity contribution in [2.45, 2.75) is 19.6 Å². The summed E-state index contributed by atoms with van der Waals surface area (Å²) in [6.07, 6.45) is -3.38. The molecule has 82 valence electrons. The molecule has 0 spiro atoms. The van der Waals surface area contributed by atoms with Gasteiger partial charge in [0, 0.05) is 7.11 Å². The Kier molecular flexibility index (Phi) is 4.84. The Hall–Kier alpha value is -1.38. The molecule has 0 rings (SSSR count). The minimum absolute atomic E-state index is 1.14. The maximum absolute atomic E-state index is 10.4. The summed E-state index contributed by atoms with van der Waals surface area (Å²) in [5.74, 6) is -1.14. The summed E-state index contributed by atoms with van der Waals surface area (Å²) >= 11 is 0. The lowest BCUT2D eigenvalue weighted by molar-refractivity contribution is -0.544. The van der Waals surface area contributed by atoms with Crippen LogP contribution < -0.4 is 0 Å². The molecule has 0 aromatic heterocycles. The van der Waals surface area contributed by atoms with Crippen molar-refractivity contribution in [1.29, 1.82) is 0 Å². The topological polar surface area (TPSA) is 101 Å². The zero-order chi connectivity index (χ0) is 11.2. The summed E-state index contributed by atoms with van der Waals surface area (Å²) < 4.78 is 8.21. The number of hydrogen-bond acceptors (Lipinski definition) is 7. The van der Waals surface area contributed by atoms with Gasteiger partial charge in [0.15, 0.2) is 5.79 Å². The smallest absolute Gasteiger partial charge is 0.449 e. The summed E-state index contributed by atoms with van der Waals surface area (Å²) in [6, 6.07) is 0. The highest BCUT2D eigenvalue weighted by Crippen LogP contribution is 2.09. The third kappa shape index (κ3) is 6.17. The number of ether oxygens (including phenoxy) is 2. The Morgan fingerprint density at radius 3 is 2.29 bits per heavy atom. The average molecular weight is 210 g/mol. The molecule has 0 aromatic rings. The Balaban J connectivity index is 3.64. The molecule has 0 aromatic carbocycles. The Morgan fingerprint density at radius 1 is 1.29 bits per heavy atom. The Bertz CT molecular complexity index is 210. The van der Waals surface area contributed by atoms with Crippen LogP contribution in [-0.4, -0.2) is 30.3 Å². The number of methoxy groups -OCH3 is 1. The van der Waals surface area contributed by atoms with E-state index in [1.807, 2.05) is 0 Å². The van der Waals surface area contributed by atoms with Crippen molar-refractivity contribution in [2.75, 3.05) is 7.11 Å². The molecule has 0 saturated heterocycles. The highest BCUT2D eigenvalue weighted by atomic mass is 17.5. The van der Waals surface area contributed by atoms with Gasteiger partial charge in [-0.25, -0.2) is 9.68 Å². The summed E-state index contributed by atoms with van der Waals surface area (Å²) in [5, 5.41) is 11.8. The predicted molar refractivity (Wildman–Crippen MR) is 38.8 cm³/mol. The molecule has 0 atom stereocenters. The van der Waals surface area contributed by atoms with Crippen LogP contribution >= 0.6 is 0 Å². The number of carbonyl (C=O) groups is 2. The van der Waals surface area contributed by atoms with E-state index in [2.05, 4.69) is 19.6 Å². The van der Waals surface area contributed by atoms with Crippen molar-refractivity contribution in [3.05, 3.63) is 0 Å². The number of carbonyl (C=O) groups excluding carboxylic acids is 1. The summed E-state index contributed by atoms with van der Waals surface area (Å²) in [5.41, 5.74) is 0. The lowest BCUT2D eigenvalue weighted by atomic mass is 10.4. The quantitative estimate of drug-likeness (QED) is 0.241. The van der Waals surface area contributed by atoms with Crippen molar-refractivity contribution in [3.63, 3.8) is 0 Å².